The van der Waals surface area contributed by atoms with Gasteiger partial charge < -0.3 is 10.4 Å². The topological polar surface area (TPSA) is 113 Å². The lowest BCUT2D eigenvalue weighted by Crippen LogP contribution is -2.49. The minimum Gasteiger partial charge on any atom is -0.481 e. The van der Waals surface area contributed by atoms with Crippen LogP contribution < -0.4 is 10.0 Å². The van der Waals surface area contributed by atoms with E-state index in [1.54, 1.807) is 0 Å². The molecule has 2 rings (SSSR count). The molecule has 3 N–H and O–H groups in total. The molecule has 126 valence electrons. The minimum absolute atomic E-state index is 0.0749. The van der Waals surface area contributed by atoms with Gasteiger partial charge in [-0.2, -0.15) is 0 Å². The van der Waals surface area contributed by atoms with Crippen molar-refractivity contribution >= 4 is 21.9 Å². The largest absolute Gasteiger partial charge is 0.481 e. The highest BCUT2D eigenvalue weighted by Gasteiger charge is 2.36. The maximum absolute atomic E-state index is 12.0. The number of aliphatic carboxylic acids is 1. The average molecular weight is 332 g/mol. The third-order valence-electron chi connectivity index (χ3n) is 4.54. The van der Waals surface area contributed by atoms with E-state index in [2.05, 4.69) is 17.0 Å². The molecule has 2 aliphatic carbocycles. The molecule has 22 heavy (non-hydrogen) atoms. The molecule has 8 heteroatoms. The van der Waals surface area contributed by atoms with Gasteiger partial charge in [0.15, 0.2) is 0 Å². The summed E-state index contributed by atoms with van der Waals surface area (Å²) in [4.78, 5) is 22.4. The van der Waals surface area contributed by atoms with Crippen LogP contribution in [0.1, 0.15) is 45.4 Å². The monoisotopic (exact) mass is 332 g/mol. The highest BCUT2D eigenvalue weighted by Crippen LogP contribution is 2.27. The van der Waals surface area contributed by atoms with Gasteiger partial charge in [0, 0.05) is 12.1 Å². The van der Waals surface area contributed by atoms with Crippen LogP contribution in [0.4, 0.5) is 0 Å². The fourth-order valence-electron chi connectivity index (χ4n) is 3.05. The third-order valence-corrected chi connectivity index (χ3v) is 5.87. The minimum atomic E-state index is -3.64. The van der Waals surface area contributed by atoms with Gasteiger partial charge >= 0.3 is 5.97 Å². The van der Waals surface area contributed by atoms with Crippen molar-refractivity contribution in [1.29, 1.82) is 0 Å². The lowest BCUT2D eigenvalue weighted by atomic mass is 9.80. The zero-order chi connectivity index (χ0) is 16.3. The van der Waals surface area contributed by atoms with E-state index in [1.807, 2.05) is 0 Å². The van der Waals surface area contributed by atoms with Crippen molar-refractivity contribution in [3.05, 3.63) is 0 Å². The van der Waals surface area contributed by atoms with Gasteiger partial charge in [-0.15, -0.1) is 0 Å². The van der Waals surface area contributed by atoms with E-state index in [0.29, 0.717) is 18.8 Å². The standard InChI is InChI=1S/C14H24N2O5S/c1-9-2-4-11(5-3-9)16-22(20,21)8-13(17)15-12-6-10(7-12)14(18)19/h9-12,16H,2-8H2,1H3,(H,15,17)(H,18,19). The van der Waals surface area contributed by atoms with E-state index in [1.165, 1.54) is 0 Å². The quantitative estimate of drug-likeness (QED) is 0.654. The SMILES string of the molecule is CC1CCC(NS(=O)(=O)CC(=O)NC2CC(C(=O)O)C2)CC1. The predicted molar refractivity (Wildman–Crippen MR) is 80.6 cm³/mol. The lowest BCUT2D eigenvalue weighted by Gasteiger charge is -2.32. The predicted octanol–water partition coefficient (Wildman–Crippen LogP) is 0.464. The molecule has 0 spiro atoms. The summed E-state index contributed by atoms with van der Waals surface area (Å²) in [5, 5.41) is 11.3. The second-order valence-electron chi connectivity index (χ2n) is 6.60. The van der Waals surface area contributed by atoms with Gasteiger partial charge in [-0.1, -0.05) is 6.92 Å². The van der Waals surface area contributed by atoms with Crippen molar-refractivity contribution in [2.45, 2.75) is 57.5 Å². The summed E-state index contributed by atoms with van der Waals surface area (Å²) < 4.78 is 26.6. The van der Waals surface area contributed by atoms with Crippen molar-refractivity contribution in [2.75, 3.05) is 5.75 Å². The van der Waals surface area contributed by atoms with Crippen LogP contribution in [0, 0.1) is 11.8 Å². The van der Waals surface area contributed by atoms with E-state index in [-0.39, 0.29) is 12.1 Å². The van der Waals surface area contributed by atoms with Crippen molar-refractivity contribution in [3.8, 4) is 0 Å². The van der Waals surface area contributed by atoms with Crippen molar-refractivity contribution in [1.82, 2.24) is 10.0 Å². The maximum atomic E-state index is 12.0. The third kappa shape index (κ3) is 4.95. The molecular formula is C14H24N2O5S. The first kappa shape index (κ1) is 17.2. The summed E-state index contributed by atoms with van der Waals surface area (Å²) >= 11 is 0. The van der Waals surface area contributed by atoms with Crippen molar-refractivity contribution in [2.24, 2.45) is 11.8 Å². The molecule has 0 saturated heterocycles. The molecule has 0 unspecified atom stereocenters. The molecular weight excluding hydrogens is 308 g/mol. The number of carbonyl (C=O) groups excluding carboxylic acids is 1. The highest BCUT2D eigenvalue weighted by molar-refractivity contribution is 7.90. The van der Waals surface area contributed by atoms with E-state index in [0.717, 1.165) is 25.7 Å². The van der Waals surface area contributed by atoms with E-state index < -0.39 is 33.6 Å². The van der Waals surface area contributed by atoms with Gasteiger partial charge in [0.05, 0.1) is 5.92 Å². The van der Waals surface area contributed by atoms with Crippen LogP contribution in [0.15, 0.2) is 0 Å². The Balaban J connectivity index is 1.72. The number of carboxylic acids is 1. The maximum Gasteiger partial charge on any atom is 0.306 e. The number of hydrogen-bond acceptors (Lipinski definition) is 4. The van der Waals surface area contributed by atoms with Gasteiger partial charge in [0.25, 0.3) is 0 Å². The van der Waals surface area contributed by atoms with Crippen molar-refractivity contribution < 1.29 is 23.1 Å². The molecule has 2 aliphatic rings. The number of carboxylic acid groups (broad SMARTS) is 1. The lowest BCUT2D eigenvalue weighted by molar-refractivity contribution is -0.146. The number of rotatable bonds is 6. The molecule has 0 aromatic heterocycles. The second kappa shape index (κ2) is 6.95. The molecule has 7 nitrogen and oxygen atoms in total. The smallest absolute Gasteiger partial charge is 0.306 e. The Labute approximate surface area is 130 Å². The van der Waals surface area contributed by atoms with E-state index >= 15 is 0 Å². The van der Waals surface area contributed by atoms with Gasteiger partial charge in [-0.05, 0) is 44.4 Å². The molecule has 2 saturated carbocycles. The number of hydrogen-bond donors (Lipinski definition) is 3. The highest BCUT2D eigenvalue weighted by atomic mass is 32.2. The molecule has 0 atom stereocenters. The molecule has 0 aromatic rings. The first-order chi connectivity index (χ1) is 10.2. The van der Waals surface area contributed by atoms with Gasteiger partial charge in [0.2, 0.25) is 15.9 Å². The fraction of sp³-hybridized carbons (Fsp3) is 0.857. The van der Waals surface area contributed by atoms with Crippen LogP contribution in [0.5, 0.6) is 0 Å². The average Bonchev–Trinajstić information content (AvgIpc) is 2.34. The molecule has 0 bridgehead atoms. The Hall–Kier alpha value is -1.15. The Morgan fingerprint density at radius 3 is 2.23 bits per heavy atom. The fourth-order valence-corrected chi connectivity index (χ4v) is 4.31. The van der Waals surface area contributed by atoms with E-state index in [9.17, 15) is 18.0 Å². The van der Waals surface area contributed by atoms with Crippen LogP contribution in [-0.2, 0) is 19.6 Å². The molecule has 0 aliphatic heterocycles. The van der Waals surface area contributed by atoms with Gasteiger partial charge in [-0.3, -0.25) is 9.59 Å². The van der Waals surface area contributed by atoms with Crippen LogP contribution in [0.2, 0.25) is 0 Å². The number of nitrogens with one attached hydrogen (secondary N) is 2. The Morgan fingerprint density at radius 1 is 1.09 bits per heavy atom. The summed E-state index contributed by atoms with van der Waals surface area (Å²) in [6.07, 6.45) is 4.36. The van der Waals surface area contributed by atoms with Crippen LogP contribution in [0.25, 0.3) is 0 Å². The van der Waals surface area contributed by atoms with Gasteiger partial charge in [0.1, 0.15) is 5.75 Å². The summed E-state index contributed by atoms with van der Waals surface area (Å²) in [6, 6.07) is -0.298. The first-order valence-corrected chi connectivity index (χ1v) is 9.42. The molecule has 2 fully saturated rings. The molecule has 0 heterocycles. The van der Waals surface area contributed by atoms with E-state index in [4.69, 9.17) is 5.11 Å². The van der Waals surface area contributed by atoms with Crippen molar-refractivity contribution in [3.63, 3.8) is 0 Å². The molecule has 0 radical (unpaired) electrons. The normalized spacial score (nSPS) is 32.0. The summed E-state index contributed by atoms with van der Waals surface area (Å²) in [7, 11) is -3.64. The van der Waals surface area contributed by atoms with Gasteiger partial charge in [-0.25, -0.2) is 13.1 Å². The Kier molecular flexibility index (Phi) is 5.44. The second-order valence-corrected chi connectivity index (χ2v) is 8.36. The first-order valence-electron chi connectivity index (χ1n) is 7.77. The number of amides is 1. The molecule has 1 amide bonds. The number of carbonyl (C=O) groups is 2. The Bertz CT molecular complexity index is 519. The van der Waals surface area contributed by atoms with Crippen LogP contribution in [-0.4, -0.2) is 43.2 Å². The summed E-state index contributed by atoms with van der Waals surface area (Å²) in [6.45, 7) is 2.15. The zero-order valence-corrected chi connectivity index (χ0v) is 13.6. The zero-order valence-electron chi connectivity index (χ0n) is 12.7. The Morgan fingerprint density at radius 2 is 1.68 bits per heavy atom. The number of sulfonamides is 1. The molecule has 0 aromatic carbocycles. The summed E-state index contributed by atoms with van der Waals surface area (Å²) in [5.74, 6) is -1.82. The van der Waals surface area contributed by atoms with Crippen LogP contribution in [0.3, 0.4) is 0 Å². The van der Waals surface area contributed by atoms with Crippen LogP contribution >= 0.6 is 0 Å². The summed E-state index contributed by atoms with van der Waals surface area (Å²) in [5.41, 5.74) is 0.